The third-order valence-electron chi connectivity index (χ3n) is 2.95. The average Bonchev–Trinajstić information content (AvgIpc) is 2.83. The van der Waals surface area contributed by atoms with Gasteiger partial charge in [-0.15, -0.1) is 0 Å². The Morgan fingerprint density at radius 1 is 1.37 bits per heavy atom. The van der Waals surface area contributed by atoms with Crippen LogP contribution < -0.4 is 10.5 Å². The molecule has 0 spiro atoms. The van der Waals surface area contributed by atoms with Gasteiger partial charge < -0.3 is 15.0 Å². The average molecular weight is 259 g/mol. The number of nitrogens with two attached hydrogens (primary N) is 1. The van der Waals surface area contributed by atoms with Crippen molar-refractivity contribution in [2.24, 2.45) is 0 Å². The van der Waals surface area contributed by atoms with Crippen LogP contribution in [0.25, 0.3) is 0 Å². The van der Waals surface area contributed by atoms with Crippen molar-refractivity contribution in [3.8, 4) is 5.75 Å². The third-order valence-corrected chi connectivity index (χ3v) is 2.95. The van der Waals surface area contributed by atoms with E-state index in [1.807, 2.05) is 36.7 Å². The van der Waals surface area contributed by atoms with E-state index >= 15 is 0 Å². The molecule has 0 unspecified atom stereocenters. The van der Waals surface area contributed by atoms with Crippen LogP contribution >= 0.6 is 0 Å². The number of aryl methyl sites for hydroxylation is 2. The highest BCUT2D eigenvalue weighted by atomic mass is 16.5. The maximum atomic E-state index is 5.70. The molecule has 0 saturated heterocycles. The number of anilines is 1. The molecule has 1 aromatic carbocycles. The first-order valence-corrected chi connectivity index (χ1v) is 6.78. The highest BCUT2D eigenvalue weighted by Crippen LogP contribution is 2.14. The molecule has 1 aromatic heterocycles. The van der Waals surface area contributed by atoms with Gasteiger partial charge in [-0.2, -0.15) is 0 Å². The molecule has 0 aliphatic heterocycles. The molecule has 1 heterocycles. The Labute approximate surface area is 114 Å². The Balaban J connectivity index is 1.76. The first-order valence-electron chi connectivity index (χ1n) is 6.78. The summed E-state index contributed by atoms with van der Waals surface area (Å²) in [5.74, 6) is 1.99. The topological polar surface area (TPSA) is 53.1 Å². The third kappa shape index (κ3) is 4.02. The smallest absolute Gasteiger partial charge is 0.121 e. The SMILES string of the molecule is CCCc1nccn1CCCOc1cccc(N)c1. The van der Waals surface area contributed by atoms with Crippen molar-refractivity contribution < 1.29 is 4.74 Å². The second kappa shape index (κ2) is 6.83. The molecule has 4 nitrogen and oxygen atoms in total. The van der Waals surface area contributed by atoms with Crippen LogP contribution in [0, 0.1) is 0 Å². The standard InChI is InChI=1S/C15H21N3O/c1-2-5-15-17-8-10-18(15)9-4-11-19-14-7-3-6-13(16)12-14/h3,6-8,10,12H,2,4-5,9,11,16H2,1H3. The van der Waals surface area contributed by atoms with Crippen LogP contribution in [-0.4, -0.2) is 16.2 Å². The summed E-state index contributed by atoms with van der Waals surface area (Å²) in [6.45, 7) is 3.80. The number of hydrogen-bond acceptors (Lipinski definition) is 3. The highest BCUT2D eigenvalue weighted by molar-refractivity contribution is 5.43. The Hall–Kier alpha value is -1.97. The fourth-order valence-corrected chi connectivity index (χ4v) is 2.02. The molecular weight excluding hydrogens is 238 g/mol. The van der Waals surface area contributed by atoms with Crippen LogP contribution in [0.15, 0.2) is 36.7 Å². The second-order valence-electron chi connectivity index (χ2n) is 4.56. The molecule has 0 aliphatic rings. The summed E-state index contributed by atoms with van der Waals surface area (Å²) in [5.41, 5.74) is 6.43. The van der Waals surface area contributed by atoms with E-state index < -0.39 is 0 Å². The summed E-state index contributed by atoms with van der Waals surface area (Å²) in [7, 11) is 0. The van der Waals surface area contributed by atoms with Gasteiger partial charge in [-0.3, -0.25) is 0 Å². The Morgan fingerprint density at radius 3 is 3.05 bits per heavy atom. The summed E-state index contributed by atoms with van der Waals surface area (Å²) in [5, 5.41) is 0. The van der Waals surface area contributed by atoms with E-state index in [0.29, 0.717) is 6.61 Å². The minimum Gasteiger partial charge on any atom is -0.493 e. The Bertz CT molecular complexity index is 508. The summed E-state index contributed by atoms with van der Waals surface area (Å²) in [6, 6.07) is 7.53. The molecule has 0 aliphatic carbocycles. The molecule has 2 N–H and O–H groups in total. The van der Waals surface area contributed by atoms with Gasteiger partial charge in [-0.1, -0.05) is 13.0 Å². The molecule has 2 rings (SSSR count). The van der Waals surface area contributed by atoms with Gasteiger partial charge in [0.1, 0.15) is 11.6 Å². The van der Waals surface area contributed by atoms with Crippen LogP contribution in [0.4, 0.5) is 5.69 Å². The number of imidazole rings is 1. The van der Waals surface area contributed by atoms with E-state index in [1.54, 1.807) is 0 Å². The van der Waals surface area contributed by atoms with Crippen LogP contribution in [0.5, 0.6) is 5.75 Å². The molecule has 0 radical (unpaired) electrons. The first kappa shape index (κ1) is 13.5. The van der Waals surface area contributed by atoms with Gasteiger partial charge in [0.25, 0.3) is 0 Å². The summed E-state index contributed by atoms with van der Waals surface area (Å²) >= 11 is 0. The van der Waals surface area contributed by atoms with E-state index in [-0.39, 0.29) is 0 Å². The highest BCUT2D eigenvalue weighted by Gasteiger charge is 2.01. The lowest BCUT2D eigenvalue weighted by Crippen LogP contribution is -2.07. The fraction of sp³-hybridized carbons (Fsp3) is 0.400. The molecule has 0 fully saturated rings. The van der Waals surface area contributed by atoms with E-state index in [1.165, 1.54) is 0 Å². The predicted octanol–water partition coefficient (Wildman–Crippen LogP) is 2.89. The van der Waals surface area contributed by atoms with Gasteiger partial charge in [-0.05, 0) is 25.0 Å². The zero-order valence-corrected chi connectivity index (χ0v) is 11.4. The molecule has 0 amide bonds. The monoisotopic (exact) mass is 259 g/mol. The van der Waals surface area contributed by atoms with E-state index in [0.717, 1.165) is 43.1 Å². The summed E-state index contributed by atoms with van der Waals surface area (Å²) in [6.07, 6.45) is 7.01. The number of benzene rings is 1. The maximum Gasteiger partial charge on any atom is 0.121 e. The van der Waals surface area contributed by atoms with Gasteiger partial charge in [0, 0.05) is 37.1 Å². The van der Waals surface area contributed by atoms with Crippen molar-refractivity contribution in [3.05, 3.63) is 42.5 Å². The first-order chi connectivity index (χ1) is 9.29. The summed E-state index contributed by atoms with van der Waals surface area (Å²) < 4.78 is 7.87. The van der Waals surface area contributed by atoms with Gasteiger partial charge in [0.2, 0.25) is 0 Å². The van der Waals surface area contributed by atoms with Gasteiger partial charge >= 0.3 is 0 Å². The minimum absolute atomic E-state index is 0.688. The van der Waals surface area contributed by atoms with Gasteiger partial charge in [0.05, 0.1) is 6.61 Å². The number of ether oxygens (including phenoxy) is 1. The molecular formula is C15H21N3O. The number of rotatable bonds is 7. The second-order valence-corrected chi connectivity index (χ2v) is 4.56. The molecule has 0 bridgehead atoms. The lowest BCUT2D eigenvalue weighted by atomic mass is 10.3. The normalized spacial score (nSPS) is 10.6. The number of hydrogen-bond donors (Lipinski definition) is 1. The van der Waals surface area contributed by atoms with Gasteiger partial charge in [-0.25, -0.2) is 4.98 Å². The van der Waals surface area contributed by atoms with Crippen molar-refractivity contribution in [2.75, 3.05) is 12.3 Å². The maximum absolute atomic E-state index is 5.70. The van der Waals surface area contributed by atoms with Crippen LogP contribution in [0.2, 0.25) is 0 Å². The van der Waals surface area contributed by atoms with Crippen molar-refractivity contribution in [1.82, 2.24) is 9.55 Å². The van der Waals surface area contributed by atoms with Gasteiger partial charge in [0.15, 0.2) is 0 Å². The molecule has 0 saturated carbocycles. The Morgan fingerprint density at radius 2 is 2.26 bits per heavy atom. The molecule has 2 aromatic rings. The van der Waals surface area contributed by atoms with Crippen LogP contribution in [-0.2, 0) is 13.0 Å². The predicted molar refractivity (Wildman–Crippen MR) is 77.2 cm³/mol. The zero-order chi connectivity index (χ0) is 13.5. The summed E-state index contributed by atoms with van der Waals surface area (Å²) in [4.78, 5) is 4.36. The van der Waals surface area contributed by atoms with Crippen molar-refractivity contribution in [3.63, 3.8) is 0 Å². The van der Waals surface area contributed by atoms with E-state index in [4.69, 9.17) is 10.5 Å². The Kier molecular flexibility index (Phi) is 4.84. The minimum atomic E-state index is 0.688. The van der Waals surface area contributed by atoms with E-state index in [2.05, 4.69) is 16.5 Å². The van der Waals surface area contributed by atoms with Crippen LogP contribution in [0.3, 0.4) is 0 Å². The fourth-order valence-electron chi connectivity index (χ4n) is 2.02. The van der Waals surface area contributed by atoms with Crippen LogP contribution in [0.1, 0.15) is 25.6 Å². The lowest BCUT2D eigenvalue weighted by molar-refractivity contribution is 0.301. The van der Waals surface area contributed by atoms with Crippen molar-refractivity contribution in [1.29, 1.82) is 0 Å². The van der Waals surface area contributed by atoms with Crippen molar-refractivity contribution in [2.45, 2.75) is 32.7 Å². The quantitative estimate of drug-likeness (QED) is 0.614. The molecule has 19 heavy (non-hydrogen) atoms. The number of nitrogen functional groups attached to an aromatic ring is 1. The largest absolute Gasteiger partial charge is 0.493 e. The number of aromatic nitrogens is 2. The van der Waals surface area contributed by atoms with E-state index in [9.17, 15) is 0 Å². The zero-order valence-electron chi connectivity index (χ0n) is 11.4. The lowest BCUT2D eigenvalue weighted by Gasteiger charge is -2.09. The molecule has 0 atom stereocenters. The molecule has 4 heteroatoms. The number of nitrogens with zero attached hydrogens (tertiary/aromatic N) is 2. The molecule has 102 valence electrons. The van der Waals surface area contributed by atoms with Crippen molar-refractivity contribution >= 4 is 5.69 Å².